The number of nitrogens with one attached hydrogen (secondary N) is 1. The van der Waals surface area contributed by atoms with Gasteiger partial charge in [-0.1, -0.05) is 30.3 Å². The molecule has 1 aromatic carbocycles. The molecular formula is C12H15N3OS. The van der Waals surface area contributed by atoms with Gasteiger partial charge in [0.2, 0.25) is 5.13 Å². The van der Waals surface area contributed by atoms with Gasteiger partial charge in [-0.15, -0.1) is 0 Å². The Morgan fingerprint density at radius 3 is 2.71 bits per heavy atom. The van der Waals surface area contributed by atoms with Crippen LogP contribution >= 0.6 is 11.5 Å². The van der Waals surface area contributed by atoms with Crippen molar-refractivity contribution in [2.24, 2.45) is 0 Å². The van der Waals surface area contributed by atoms with Gasteiger partial charge in [0, 0.05) is 11.5 Å². The molecule has 0 radical (unpaired) electrons. The third kappa shape index (κ3) is 3.51. The molecule has 1 atom stereocenters. The van der Waals surface area contributed by atoms with Crippen LogP contribution in [0.2, 0.25) is 0 Å². The average molecular weight is 249 g/mol. The zero-order valence-corrected chi connectivity index (χ0v) is 10.4. The largest absolute Gasteiger partial charge is 0.394 e. The van der Waals surface area contributed by atoms with Gasteiger partial charge in [-0.2, -0.15) is 4.37 Å². The van der Waals surface area contributed by atoms with Crippen LogP contribution in [0, 0.1) is 6.92 Å². The Morgan fingerprint density at radius 1 is 1.35 bits per heavy atom. The molecule has 0 saturated carbocycles. The van der Waals surface area contributed by atoms with Crippen molar-refractivity contribution in [1.29, 1.82) is 0 Å². The summed E-state index contributed by atoms with van der Waals surface area (Å²) in [6, 6.07) is 10.1. The fourth-order valence-electron chi connectivity index (χ4n) is 1.59. The van der Waals surface area contributed by atoms with Crippen LogP contribution in [-0.4, -0.2) is 27.1 Å². The van der Waals surface area contributed by atoms with Crippen LogP contribution in [0.5, 0.6) is 0 Å². The van der Waals surface area contributed by atoms with Gasteiger partial charge in [0.15, 0.2) is 0 Å². The number of benzene rings is 1. The minimum Gasteiger partial charge on any atom is -0.394 e. The van der Waals surface area contributed by atoms with E-state index in [1.165, 1.54) is 17.1 Å². The van der Waals surface area contributed by atoms with Gasteiger partial charge in [-0.25, -0.2) is 4.98 Å². The molecular weight excluding hydrogens is 234 g/mol. The highest BCUT2D eigenvalue weighted by atomic mass is 32.1. The minimum atomic E-state index is -0.0234. The number of aryl methyl sites for hydroxylation is 1. The Balaban J connectivity index is 1.98. The van der Waals surface area contributed by atoms with Crippen LogP contribution in [0.25, 0.3) is 0 Å². The summed E-state index contributed by atoms with van der Waals surface area (Å²) in [5.41, 5.74) is 1.19. The minimum absolute atomic E-state index is 0.0234. The van der Waals surface area contributed by atoms with Gasteiger partial charge >= 0.3 is 0 Å². The van der Waals surface area contributed by atoms with Gasteiger partial charge in [-0.3, -0.25) is 0 Å². The monoisotopic (exact) mass is 249 g/mol. The molecule has 0 aliphatic heterocycles. The van der Waals surface area contributed by atoms with E-state index in [-0.39, 0.29) is 12.6 Å². The van der Waals surface area contributed by atoms with Crippen LogP contribution in [0.15, 0.2) is 30.3 Å². The Morgan fingerprint density at radius 2 is 2.12 bits per heavy atom. The lowest BCUT2D eigenvalue weighted by molar-refractivity contribution is 0.273. The number of hydrogen-bond acceptors (Lipinski definition) is 5. The molecule has 0 aliphatic rings. The molecule has 4 nitrogen and oxygen atoms in total. The second kappa shape index (κ2) is 5.75. The summed E-state index contributed by atoms with van der Waals surface area (Å²) in [6.45, 7) is 1.93. The highest BCUT2D eigenvalue weighted by Gasteiger charge is 2.10. The summed E-state index contributed by atoms with van der Waals surface area (Å²) in [5.74, 6) is 0.758. The zero-order valence-electron chi connectivity index (χ0n) is 9.63. The second-order valence-electron chi connectivity index (χ2n) is 3.86. The molecule has 2 rings (SSSR count). The first-order valence-electron chi connectivity index (χ1n) is 5.49. The molecule has 0 aliphatic carbocycles. The van der Waals surface area contributed by atoms with Gasteiger partial charge in [0.1, 0.15) is 5.82 Å². The Hall–Kier alpha value is -1.46. The van der Waals surface area contributed by atoms with E-state index in [9.17, 15) is 5.11 Å². The first-order valence-corrected chi connectivity index (χ1v) is 6.27. The van der Waals surface area contributed by atoms with Crippen LogP contribution < -0.4 is 5.32 Å². The van der Waals surface area contributed by atoms with Crippen molar-refractivity contribution in [2.45, 2.75) is 19.4 Å². The number of aromatic nitrogens is 2. The first-order chi connectivity index (χ1) is 8.28. The van der Waals surface area contributed by atoms with Crippen molar-refractivity contribution in [2.75, 3.05) is 11.9 Å². The van der Waals surface area contributed by atoms with Gasteiger partial charge in [0.25, 0.3) is 0 Å². The molecule has 90 valence electrons. The number of nitrogens with zero attached hydrogens (tertiary/aromatic N) is 2. The molecule has 1 aromatic heterocycles. The predicted molar refractivity (Wildman–Crippen MR) is 69.3 cm³/mol. The molecule has 2 N–H and O–H groups in total. The van der Waals surface area contributed by atoms with E-state index < -0.39 is 0 Å². The average Bonchev–Trinajstić information content (AvgIpc) is 2.75. The molecule has 2 aromatic rings. The molecule has 17 heavy (non-hydrogen) atoms. The van der Waals surface area contributed by atoms with E-state index in [1.807, 2.05) is 25.1 Å². The lowest BCUT2D eigenvalue weighted by atomic mass is 10.1. The van der Waals surface area contributed by atoms with Crippen molar-refractivity contribution >= 4 is 16.7 Å². The molecule has 0 spiro atoms. The van der Waals surface area contributed by atoms with Crippen molar-refractivity contribution in [1.82, 2.24) is 9.36 Å². The van der Waals surface area contributed by atoms with Crippen LogP contribution in [0.3, 0.4) is 0 Å². The highest BCUT2D eigenvalue weighted by Crippen LogP contribution is 2.13. The molecule has 5 heteroatoms. The third-order valence-electron chi connectivity index (χ3n) is 2.40. The number of aliphatic hydroxyl groups is 1. The van der Waals surface area contributed by atoms with Crippen molar-refractivity contribution in [3.05, 3.63) is 41.7 Å². The van der Waals surface area contributed by atoms with Crippen LogP contribution in [0.4, 0.5) is 5.13 Å². The number of aliphatic hydroxyl groups excluding tert-OH is 1. The summed E-state index contributed by atoms with van der Waals surface area (Å²) in [5, 5.41) is 13.3. The number of anilines is 1. The summed E-state index contributed by atoms with van der Waals surface area (Å²) < 4.78 is 4.10. The van der Waals surface area contributed by atoms with E-state index in [0.717, 1.165) is 17.4 Å². The van der Waals surface area contributed by atoms with Gasteiger partial charge in [0.05, 0.1) is 12.6 Å². The second-order valence-corrected chi connectivity index (χ2v) is 4.61. The fraction of sp³-hybridized carbons (Fsp3) is 0.333. The Labute approximate surface area is 105 Å². The Kier molecular flexibility index (Phi) is 4.06. The molecule has 1 unspecified atom stereocenters. The Bertz CT molecular complexity index is 458. The normalized spacial score (nSPS) is 12.4. The van der Waals surface area contributed by atoms with Crippen molar-refractivity contribution in [3.8, 4) is 0 Å². The maximum atomic E-state index is 9.35. The standard InChI is InChI=1S/C12H15N3OS/c1-9-13-12(17-15-9)14-11(8-16)7-10-5-3-2-4-6-10/h2-6,11,16H,7-8H2,1H3,(H,13,14,15). The topological polar surface area (TPSA) is 58.0 Å². The predicted octanol–water partition coefficient (Wildman–Crippen LogP) is 1.86. The smallest absolute Gasteiger partial charge is 0.202 e. The van der Waals surface area contributed by atoms with Crippen molar-refractivity contribution in [3.63, 3.8) is 0 Å². The fourth-order valence-corrected chi connectivity index (χ4v) is 2.24. The molecule has 0 saturated heterocycles. The van der Waals surface area contributed by atoms with E-state index in [1.54, 1.807) is 0 Å². The maximum Gasteiger partial charge on any atom is 0.202 e. The SMILES string of the molecule is Cc1nsc(NC(CO)Cc2ccccc2)n1. The van der Waals surface area contributed by atoms with Crippen molar-refractivity contribution < 1.29 is 5.11 Å². The zero-order chi connectivity index (χ0) is 12.1. The van der Waals surface area contributed by atoms with Crippen LogP contribution in [-0.2, 0) is 6.42 Å². The maximum absolute atomic E-state index is 9.35. The summed E-state index contributed by atoms with van der Waals surface area (Å²) in [4.78, 5) is 4.23. The molecule has 1 heterocycles. The number of rotatable bonds is 5. The van der Waals surface area contributed by atoms with Gasteiger partial charge < -0.3 is 10.4 Å². The van der Waals surface area contributed by atoms with E-state index in [2.05, 4.69) is 26.8 Å². The summed E-state index contributed by atoms with van der Waals surface area (Å²) in [6.07, 6.45) is 0.774. The molecule has 0 amide bonds. The van der Waals surface area contributed by atoms with Gasteiger partial charge in [-0.05, 0) is 18.9 Å². The molecule has 0 bridgehead atoms. The third-order valence-corrected chi connectivity index (χ3v) is 3.14. The summed E-state index contributed by atoms with van der Waals surface area (Å²) in [7, 11) is 0. The lowest BCUT2D eigenvalue weighted by Crippen LogP contribution is -2.26. The molecule has 0 fully saturated rings. The van der Waals surface area contributed by atoms with Crippen LogP contribution in [0.1, 0.15) is 11.4 Å². The highest BCUT2D eigenvalue weighted by molar-refractivity contribution is 7.09. The van der Waals surface area contributed by atoms with E-state index >= 15 is 0 Å². The van der Waals surface area contributed by atoms with E-state index in [4.69, 9.17) is 0 Å². The number of hydrogen-bond donors (Lipinski definition) is 2. The first kappa shape index (κ1) is 12.0. The summed E-state index contributed by atoms with van der Waals surface area (Å²) >= 11 is 1.32. The quantitative estimate of drug-likeness (QED) is 0.849. The van der Waals surface area contributed by atoms with E-state index in [0.29, 0.717) is 0 Å². The lowest BCUT2D eigenvalue weighted by Gasteiger charge is -2.15.